The van der Waals surface area contributed by atoms with Crippen LogP contribution in [0, 0.1) is 0 Å². The molecule has 0 spiro atoms. The van der Waals surface area contributed by atoms with Crippen molar-refractivity contribution in [1.29, 1.82) is 0 Å². The van der Waals surface area contributed by atoms with Crippen LogP contribution in [0.5, 0.6) is 0 Å². The van der Waals surface area contributed by atoms with Crippen LogP contribution in [0.1, 0.15) is 28.1 Å². The van der Waals surface area contributed by atoms with E-state index in [0.717, 1.165) is 16.6 Å². The number of hydrogen-bond donors (Lipinski definition) is 0. The summed E-state index contributed by atoms with van der Waals surface area (Å²) in [4.78, 5) is 39.0. The van der Waals surface area contributed by atoms with Gasteiger partial charge in [0.2, 0.25) is 0 Å². The molecule has 0 aliphatic carbocycles. The molecule has 1 fully saturated rings. The maximum atomic E-state index is 12.3. The summed E-state index contributed by atoms with van der Waals surface area (Å²) >= 11 is 2.47. The number of Topliss-reactive ketones (excluding diaryl/α,β-unsaturated/α-hetero) is 1. The van der Waals surface area contributed by atoms with Gasteiger partial charge in [0, 0.05) is 23.4 Å². The largest absolute Gasteiger partial charge is 0.294 e. The lowest BCUT2D eigenvalue weighted by molar-refractivity contribution is -0.122. The Morgan fingerprint density at radius 1 is 1.08 bits per heavy atom. The first-order valence-electron chi connectivity index (χ1n) is 7.52. The third-order valence-corrected chi connectivity index (χ3v) is 5.30. The van der Waals surface area contributed by atoms with E-state index in [9.17, 15) is 14.4 Å². The Morgan fingerprint density at radius 2 is 1.88 bits per heavy atom. The number of carbonyl (C=O) groups is 3. The minimum atomic E-state index is -0.273. The predicted molar refractivity (Wildman–Crippen MR) is 97.0 cm³/mol. The van der Waals surface area contributed by atoms with Crippen LogP contribution < -0.4 is 0 Å². The van der Waals surface area contributed by atoms with Gasteiger partial charge in [0.25, 0.3) is 11.1 Å². The van der Waals surface area contributed by atoms with Crippen LogP contribution in [0.2, 0.25) is 0 Å². The first kappa shape index (κ1) is 16.7. The molecule has 1 aliphatic heterocycles. The van der Waals surface area contributed by atoms with Gasteiger partial charge in [-0.1, -0.05) is 36.4 Å². The van der Waals surface area contributed by atoms with E-state index in [-0.39, 0.29) is 23.5 Å². The number of nitrogens with zero attached hydrogens (tertiary/aromatic N) is 1. The summed E-state index contributed by atoms with van der Waals surface area (Å²) in [7, 11) is 0. The van der Waals surface area contributed by atoms with Crippen LogP contribution in [0.4, 0.5) is 4.79 Å². The molecule has 0 bridgehead atoms. The lowest BCUT2D eigenvalue weighted by Gasteiger charge is -2.11. The van der Waals surface area contributed by atoms with Crippen LogP contribution >= 0.6 is 23.1 Å². The molecule has 122 valence electrons. The molecule has 0 unspecified atom stereocenters. The summed E-state index contributed by atoms with van der Waals surface area (Å²) in [5, 5.41) is 1.65. The van der Waals surface area contributed by atoms with Gasteiger partial charge in [0.15, 0.2) is 5.78 Å². The topological polar surface area (TPSA) is 54.5 Å². The number of thiophene rings is 1. The molecule has 0 atom stereocenters. The Hall–Kier alpha value is -2.18. The molecule has 1 aromatic heterocycles. The van der Waals surface area contributed by atoms with E-state index >= 15 is 0 Å². The summed E-state index contributed by atoms with van der Waals surface area (Å²) in [6.07, 6.45) is 2.53. The van der Waals surface area contributed by atoms with Crippen molar-refractivity contribution in [3.05, 3.63) is 63.2 Å². The molecule has 1 aliphatic rings. The number of hydrogen-bond acceptors (Lipinski definition) is 5. The number of ketones is 1. The minimum Gasteiger partial charge on any atom is -0.294 e. The summed E-state index contributed by atoms with van der Waals surface area (Å²) in [6, 6.07) is 12.8. The molecule has 3 rings (SSSR count). The Balaban J connectivity index is 1.57. The molecule has 1 saturated heterocycles. The van der Waals surface area contributed by atoms with Gasteiger partial charge in [0.1, 0.15) is 0 Å². The van der Waals surface area contributed by atoms with E-state index in [0.29, 0.717) is 23.3 Å². The van der Waals surface area contributed by atoms with Crippen molar-refractivity contribution < 1.29 is 14.4 Å². The average Bonchev–Trinajstić information content (AvgIpc) is 3.19. The second kappa shape index (κ2) is 7.59. The molecular weight excluding hydrogens is 342 g/mol. The monoisotopic (exact) mass is 357 g/mol. The zero-order valence-electron chi connectivity index (χ0n) is 12.8. The van der Waals surface area contributed by atoms with Crippen LogP contribution in [0.25, 0.3) is 6.08 Å². The van der Waals surface area contributed by atoms with E-state index < -0.39 is 0 Å². The van der Waals surface area contributed by atoms with E-state index in [4.69, 9.17) is 0 Å². The lowest BCUT2D eigenvalue weighted by atomic mass is 10.1. The van der Waals surface area contributed by atoms with Crippen LogP contribution in [-0.2, 0) is 4.79 Å². The molecule has 0 radical (unpaired) electrons. The lowest BCUT2D eigenvalue weighted by Crippen LogP contribution is -2.29. The number of benzene rings is 1. The van der Waals surface area contributed by atoms with Crippen LogP contribution in [-0.4, -0.2) is 28.4 Å². The smallest absolute Gasteiger partial charge is 0.293 e. The average molecular weight is 357 g/mol. The fourth-order valence-electron chi connectivity index (χ4n) is 2.36. The number of amides is 2. The van der Waals surface area contributed by atoms with Crippen molar-refractivity contribution in [3.63, 3.8) is 0 Å². The standard InChI is InChI=1S/C18H15NO3S2/c20-15(13-6-2-1-3-7-13)9-4-10-19-17(21)16(24-18(19)22)12-14-8-5-11-23-14/h1-3,5-8,11-12H,4,9-10H2/b16-12-. The molecule has 0 N–H and O–H groups in total. The second-order valence-corrected chi connectivity index (χ2v) is 7.21. The second-order valence-electron chi connectivity index (χ2n) is 5.24. The summed E-state index contributed by atoms with van der Waals surface area (Å²) in [5.74, 6) is -0.248. The maximum Gasteiger partial charge on any atom is 0.293 e. The van der Waals surface area contributed by atoms with E-state index in [1.54, 1.807) is 18.2 Å². The van der Waals surface area contributed by atoms with Crippen molar-refractivity contribution in [1.82, 2.24) is 4.90 Å². The number of thioether (sulfide) groups is 1. The normalized spacial score (nSPS) is 16.2. The Kier molecular flexibility index (Phi) is 5.27. The SMILES string of the molecule is O=C(CCCN1C(=O)S/C(=C\c2cccs2)C1=O)c1ccccc1. The molecule has 0 saturated carbocycles. The highest BCUT2D eigenvalue weighted by molar-refractivity contribution is 8.18. The molecule has 2 amide bonds. The van der Waals surface area contributed by atoms with Crippen LogP contribution in [0.3, 0.4) is 0 Å². The van der Waals surface area contributed by atoms with Gasteiger partial charge in [-0.25, -0.2) is 0 Å². The zero-order valence-corrected chi connectivity index (χ0v) is 14.4. The maximum absolute atomic E-state index is 12.3. The highest BCUT2D eigenvalue weighted by atomic mass is 32.2. The van der Waals surface area contributed by atoms with E-state index in [2.05, 4.69) is 0 Å². The van der Waals surface area contributed by atoms with E-state index in [1.165, 1.54) is 16.2 Å². The molecule has 1 aromatic carbocycles. The van der Waals surface area contributed by atoms with Crippen molar-refractivity contribution >= 4 is 46.1 Å². The molecule has 4 nitrogen and oxygen atoms in total. The van der Waals surface area contributed by atoms with Crippen molar-refractivity contribution in [3.8, 4) is 0 Å². The quantitative estimate of drug-likeness (QED) is 0.566. The Labute approximate surface area is 148 Å². The molecule has 2 aromatic rings. The van der Waals surface area contributed by atoms with Crippen molar-refractivity contribution in [2.45, 2.75) is 12.8 Å². The number of rotatable bonds is 6. The molecule has 6 heteroatoms. The minimum absolute atomic E-state index is 0.0247. The summed E-state index contributed by atoms with van der Waals surface area (Å²) < 4.78 is 0. The van der Waals surface area contributed by atoms with Gasteiger partial charge in [-0.2, -0.15) is 0 Å². The van der Waals surface area contributed by atoms with Gasteiger partial charge >= 0.3 is 0 Å². The first-order chi connectivity index (χ1) is 11.6. The summed E-state index contributed by atoms with van der Waals surface area (Å²) in [6.45, 7) is 0.269. The molecule has 24 heavy (non-hydrogen) atoms. The van der Waals surface area contributed by atoms with Gasteiger partial charge < -0.3 is 0 Å². The zero-order chi connectivity index (χ0) is 16.9. The van der Waals surface area contributed by atoms with Gasteiger partial charge in [0.05, 0.1) is 4.91 Å². The fourth-order valence-corrected chi connectivity index (χ4v) is 3.95. The fraction of sp³-hybridized carbons (Fsp3) is 0.167. The number of carbonyl (C=O) groups excluding carboxylic acids is 3. The third kappa shape index (κ3) is 3.83. The molecular formula is C18H15NO3S2. The summed E-state index contributed by atoms with van der Waals surface area (Å²) in [5.41, 5.74) is 0.657. The third-order valence-electron chi connectivity index (χ3n) is 3.57. The van der Waals surface area contributed by atoms with Crippen molar-refractivity contribution in [2.75, 3.05) is 6.54 Å². The van der Waals surface area contributed by atoms with Crippen LogP contribution in [0.15, 0.2) is 52.7 Å². The van der Waals surface area contributed by atoms with E-state index in [1.807, 2.05) is 35.7 Å². The number of imide groups is 1. The Morgan fingerprint density at radius 3 is 2.58 bits per heavy atom. The van der Waals surface area contributed by atoms with Crippen molar-refractivity contribution in [2.24, 2.45) is 0 Å². The first-order valence-corrected chi connectivity index (χ1v) is 9.22. The predicted octanol–water partition coefficient (Wildman–Crippen LogP) is 4.45. The molecule has 2 heterocycles. The highest BCUT2D eigenvalue weighted by Gasteiger charge is 2.34. The van der Waals surface area contributed by atoms with Gasteiger partial charge in [-0.05, 0) is 35.7 Å². The Bertz CT molecular complexity index is 782. The highest BCUT2D eigenvalue weighted by Crippen LogP contribution is 2.33. The van der Waals surface area contributed by atoms with Gasteiger partial charge in [-0.3, -0.25) is 19.3 Å². The van der Waals surface area contributed by atoms with Gasteiger partial charge in [-0.15, -0.1) is 11.3 Å².